The minimum absolute atomic E-state index is 0.190. The normalized spacial score (nSPS) is 41.7. The van der Waals surface area contributed by atoms with Crippen LogP contribution in [-0.4, -0.2) is 5.16 Å². The Kier molecular flexibility index (Phi) is 2.27. The lowest BCUT2D eigenvalue weighted by Gasteiger charge is -2.46. The first-order valence-electron chi connectivity index (χ1n) is 4.53. The van der Waals surface area contributed by atoms with Crippen LogP contribution in [0.4, 0.5) is 0 Å². The summed E-state index contributed by atoms with van der Waals surface area (Å²) in [6.45, 7) is 0. The fourth-order valence-corrected chi connectivity index (χ4v) is 5.31. The Morgan fingerprint density at radius 1 is 1.08 bits per heavy atom. The summed E-state index contributed by atoms with van der Waals surface area (Å²) >= 11 is 11.6. The van der Waals surface area contributed by atoms with Gasteiger partial charge in [-0.25, -0.2) is 0 Å². The highest BCUT2D eigenvalue weighted by atomic mass is 35.9. The highest BCUT2D eigenvalue weighted by Crippen LogP contribution is 2.74. The van der Waals surface area contributed by atoms with E-state index in [0.29, 0.717) is 0 Å². The summed E-state index contributed by atoms with van der Waals surface area (Å²) in [5, 5.41) is -0.190. The second-order valence-corrected chi connectivity index (χ2v) is 9.42. The molecule has 70 valence electrons. The van der Waals surface area contributed by atoms with Crippen LogP contribution in [0.5, 0.6) is 0 Å². The molecular formula is C8H13Cl2OP. The quantitative estimate of drug-likeness (QED) is 0.607. The largest absolute Gasteiger partial charge is 0.289 e. The van der Waals surface area contributed by atoms with Crippen LogP contribution in [-0.2, 0) is 4.57 Å². The Bertz CT molecular complexity index is 213. The van der Waals surface area contributed by atoms with Crippen molar-refractivity contribution in [2.45, 2.75) is 43.7 Å². The minimum Gasteiger partial charge on any atom is -0.289 e. The summed E-state index contributed by atoms with van der Waals surface area (Å²) in [4.78, 5) is 0. The van der Waals surface area contributed by atoms with Crippen molar-refractivity contribution < 1.29 is 4.57 Å². The fraction of sp³-hybridized carbons (Fsp3) is 1.00. The van der Waals surface area contributed by atoms with E-state index in [1.54, 1.807) is 0 Å². The third kappa shape index (κ3) is 1.35. The number of halogens is 2. The van der Waals surface area contributed by atoms with Gasteiger partial charge in [-0.05, 0) is 66.9 Å². The van der Waals surface area contributed by atoms with Gasteiger partial charge in [0.25, 0.3) is 5.85 Å². The molecule has 0 aliphatic heterocycles. The summed E-state index contributed by atoms with van der Waals surface area (Å²) in [6.07, 6.45) is 6.52. The van der Waals surface area contributed by atoms with Crippen molar-refractivity contribution in [3.8, 4) is 0 Å². The van der Waals surface area contributed by atoms with Crippen molar-refractivity contribution in [2.24, 2.45) is 5.92 Å². The summed E-state index contributed by atoms with van der Waals surface area (Å²) in [7, 11) is 0. The molecule has 3 saturated carbocycles. The van der Waals surface area contributed by atoms with E-state index in [1.807, 2.05) is 0 Å². The van der Waals surface area contributed by atoms with E-state index in [2.05, 4.69) is 0 Å². The minimum atomic E-state index is -2.89. The number of rotatable bonds is 1. The third-order valence-corrected chi connectivity index (χ3v) is 7.53. The van der Waals surface area contributed by atoms with Crippen molar-refractivity contribution in [1.29, 1.82) is 0 Å². The molecule has 12 heavy (non-hydrogen) atoms. The predicted molar refractivity (Wildman–Crippen MR) is 53.2 cm³/mol. The maximum Gasteiger partial charge on any atom is 0.259 e. The van der Waals surface area contributed by atoms with E-state index >= 15 is 0 Å². The smallest absolute Gasteiger partial charge is 0.259 e. The van der Waals surface area contributed by atoms with Crippen LogP contribution >= 0.6 is 28.3 Å². The van der Waals surface area contributed by atoms with Gasteiger partial charge in [0.05, 0.1) is 5.16 Å². The van der Waals surface area contributed by atoms with Gasteiger partial charge in [0.1, 0.15) is 0 Å². The highest BCUT2D eigenvalue weighted by molar-refractivity contribution is 8.09. The second-order valence-electron chi connectivity index (χ2n) is 4.17. The average Bonchev–Trinajstić information content (AvgIpc) is 2.06. The summed E-state index contributed by atoms with van der Waals surface area (Å²) in [5.41, 5.74) is 0. The maximum atomic E-state index is 11.7. The number of hydrogen-bond acceptors (Lipinski definition) is 1. The van der Waals surface area contributed by atoms with Crippen LogP contribution in [0.3, 0.4) is 0 Å². The van der Waals surface area contributed by atoms with Gasteiger partial charge in [-0.3, -0.25) is 4.57 Å². The Morgan fingerprint density at radius 3 is 1.75 bits per heavy atom. The molecule has 3 aliphatic carbocycles. The molecule has 3 fully saturated rings. The Balaban J connectivity index is 2.25. The van der Waals surface area contributed by atoms with Crippen molar-refractivity contribution >= 4 is 28.3 Å². The first-order chi connectivity index (χ1) is 5.54. The lowest BCUT2D eigenvalue weighted by Crippen LogP contribution is -2.37. The van der Waals surface area contributed by atoms with E-state index in [-0.39, 0.29) is 5.16 Å². The lowest BCUT2D eigenvalue weighted by atomic mass is 9.70. The van der Waals surface area contributed by atoms with E-state index in [4.69, 9.17) is 22.5 Å². The third-order valence-electron chi connectivity index (χ3n) is 3.61. The molecule has 0 aromatic carbocycles. The predicted octanol–water partition coefficient (Wildman–Crippen LogP) is 4.38. The van der Waals surface area contributed by atoms with Gasteiger partial charge < -0.3 is 0 Å². The fourth-order valence-electron chi connectivity index (χ4n) is 2.62. The zero-order valence-electron chi connectivity index (χ0n) is 6.93. The molecule has 0 saturated heterocycles. The van der Waals surface area contributed by atoms with E-state index < -0.39 is 5.85 Å². The zero-order chi connectivity index (χ0) is 8.82. The van der Waals surface area contributed by atoms with E-state index in [9.17, 15) is 4.57 Å². The Morgan fingerprint density at radius 2 is 1.50 bits per heavy atom. The van der Waals surface area contributed by atoms with Gasteiger partial charge in [-0.2, -0.15) is 0 Å². The highest BCUT2D eigenvalue weighted by Gasteiger charge is 2.51. The summed E-state index contributed by atoms with van der Waals surface area (Å²) < 4.78 is 11.7. The van der Waals surface area contributed by atoms with Gasteiger partial charge in [0.2, 0.25) is 0 Å². The van der Waals surface area contributed by atoms with Gasteiger partial charge >= 0.3 is 0 Å². The molecule has 0 radical (unpaired) electrons. The van der Waals surface area contributed by atoms with Crippen molar-refractivity contribution in [3.05, 3.63) is 0 Å². The molecule has 2 bridgehead atoms. The van der Waals surface area contributed by atoms with Crippen LogP contribution in [0, 0.1) is 5.92 Å². The van der Waals surface area contributed by atoms with Gasteiger partial charge in [0, 0.05) is 0 Å². The molecule has 0 aromatic rings. The van der Waals surface area contributed by atoms with E-state index in [1.165, 1.54) is 19.3 Å². The molecule has 0 atom stereocenters. The summed E-state index contributed by atoms with van der Waals surface area (Å²) in [5.74, 6) is -2.02. The number of fused-ring (bicyclic) bond motifs is 3. The molecular weight excluding hydrogens is 214 g/mol. The molecule has 3 aliphatic rings. The molecule has 0 aromatic heterocycles. The van der Waals surface area contributed by atoms with Gasteiger partial charge in [-0.1, -0.05) is 0 Å². The van der Waals surface area contributed by atoms with Crippen LogP contribution in [0.15, 0.2) is 0 Å². The lowest BCUT2D eigenvalue weighted by molar-refractivity contribution is 0.196. The molecule has 0 N–H and O–H groups in total. The first kappa shape index (κ1) is 9.37. The topological polar surface area (TPSA) is 17.1 Å². The SMILES string of the molecule is O=P(Cl)(Cl)C12CCC(CC1)CC2. The number of hydrogen-bond donors (Lipinski definition) is 0. The standard InChI is InChI=1S/C8H13Cl2OP/c9-12(10,11)8-4-1-7(2-5-8)3-6-8/h7H,1-6H2. The first-order valence-corrected chi connectivity index (χ1v) is 8.05. The van der Waals surface area contributed by atoms with Crippen LogP contribution in [0.25, 0.3) is 0 Å². The zero-order valence-corrected chi connectivity index (χ0v) is 9.34. The van der Waals surface area contributed by atoms with Crippen molar-refractivity contribution in [3.63, 3.8) is 0 Å². The van der Waals surface area contributed by atoms with Crippen molar-refractivity contribution in [1.82, 2.24) is 0 Å². The summed E-state index contributed by atoms with van der Waals surface area (Å²) in [6, 6.07) is 0. The van der Waals surface area contributed by atoms with Crippen LogP contribution in [0.1, 0.15) is 38.5 Å². The molecule has 0 unspecified atom stereocenters. The van der Waals surface area contributed by atoms with E-state index in [0.717, 1.165) is 25.2 Å². The molecule has 0 amide bonds. The Labute approximate surface area is 82.8 Å². The Hall–Kier alpha value is 0.810. The van der Waals surface area contributed by atoms with Gasteiger partial charge in [-0.15, -0.1) is 0 Å². The van der Waals surface area contributed by atoms with Crippen molar-refractivity contribution in [2.75, 3.05) is 0 Å². The van der Waals surface area contributed by atoms with Crippen LogP contribution < -0.4 is 0 Å². The molecule has 3 rings (SSSR count). The van der Waals surface area contributed by atoms with Crippen LogP contribution in [0.2, 0.25) is 0 Å². The monoisotopic (exact) mass is 226 g/mol. The average molecular weight is 227 g/mol. The second kappa shape index (κ2) is 2.90. The van der Waals surface area contributed by atoms with Gasteiger partial charge in [0.15, 0.2) is 0 Å². The molecule has 0 heterocycles. The molecule has 4 heteroatoms. The molecule has 0 spiro atoms. The molecule has 1 nitrogen and oxygen atoms in total. The maximum absolute atomic E-state index is 11.7.